The van der Waals surface area contributed by atoms with E-state index in [-0.39, 0.29) is 24.2 Å². The minimum atomic E-state index is -4.41. The van der Waals surface area contributed by atoms with Gasteiger partial charge in [0.2, 0.25) is 0 Å². The first-order valence-electron chi connectivity index (χ1n) is 13.8. The molecule has 1 fully saturated rings. The summed E-state index contributed by atoms with van der Waals surface area (Å²) in [6.07, 6.45) is -1.80. The monoisotopic (exact) mass is 553 g/mol. The second kappa shape index (κ2) is 14.3. The number of piperidine rings is 1. The first-order valence-corrected chi connectivity index (χ1v) is 13.8. The Morgan fingerprint density at radius 3 is 2.02 bits per heavy atom. The Hall–Kier alpha value is -3.45. The summed E-state index contributed by atoms with van der Waals surface area (Å²) in [4.78, 5) is 26.1. The predicted octanol–water partition coefficient (Wildman–Crippen LogP) is 8.42. The summed E-state index contributed by atoms with van der Waals surface area (Å²) in [5, 5.41) is 9.24. The molecule has 1 aliphatic heterocycles. The average Bonchev–Trinajstić information content (AvgIpc) is 2.94. The zero-order valence-corrected chi connectivity index (χ0v) is 23.3. The van der Waals surface area contributed by atoms with Gasteiger partial charge in [-0.2, -0.15) is 13.2 Å². The van der Waals surface area contributed by atoms with Crippen LogP contribution >= 0.6 is 0 Å². The highest BCUT2D eigenvalue weighted by Crippen LogP contribution is 2.38. The Bertz CT molecular complexity index is 1220. The van der Waals surface area contributed by atoms with E-state index >= 15 is 0 Å². The Kier molecular flexibility index (Phi) is 11.1. The third-order valence-corrected chi connectivity index (χ3v) is 7.36. The van der Waals surface area contributed by atoms with E-state index in [1.165, 1.54) is 18.6 Å². The summed E-state index contributed by atoms with van der Waals surface area (Å²) in [5.74, 6) is -0.0838. The van der Waals surface area contributed by atoms with Gasteiger partial charge in [0.1, 0.15) is 0 Å². The van der Waals surface area contributed by atoms with E-state index in [4.69, 9.17) is 0 Å². The van der Waals surface area contributed by atoms with Crippen LogP contribution in [0, 0.1) is 11.8 Å². The fraction of sp³-hybridized carbons (Fsp3) is 0.394. The van der Waals surface area contributed by atoms with E-state index in [1.807, 2.05) is 30.3 Å². The molecule has 0 aromatic heterocycles. The summed E-state index contributed by atoms with van der Waals surface area (Å²) in [7, 11) is 0. The van der Waals surface area contributed by atoms with Crippen molar-refractivity contribution in [2.45, 2.75) is 65.2 Å². The lowest BCUT2D eigenvalue weighted by molar-refractivity contribution is -0.139. The van der Waals surface area contributed by atoms with Crippen molar-refractivity contribution < 1.29 is 27.9 Å². The molecule has 1 heterocycles. The van der Waals surface area contributed by atoms with Crippen molar-refractivity contribution in [3.05, 3.63) is 107 Å². The molecule has 4 nitrogen and oxygen atoms in total. The van der Waals surface area contributed by atoms with E-state index in [0.29, 0.717) is 37.1 Å². The molecule has 214 valence electrons. The number of halogens is 3. The predicted molar refractivity (Wildman–Crippen MR) is 151 cm³/mol. The van der Waals surface area contributed by atoms with Gasteiger partial charge in [-0.25, -0.2) is 0 Å². The van der Waals surface area contributed by atoms with E-state index in [1.54, 1.807) is 24.3 Å². The average molecular weight is 554 g/mol. The molecule has 0 aliphatic carbocycles. The topological polar surface area (TPSA) is 57.6 Å². The molecule has 1 saturated heterocycles. The quantitative estimate of drug-likeness (QED) is 0.285. The molecule has 7 heteroatoms. The minimum Gasteiger partial charge on any atom is -0.481 e. The second-order valence-corrected chi connectivity index (χ2v) is 10.8. The number of hydrogen-bond donors (Lipinski definition) is 1. The molecule has 2 atom stereocenters. The highest BCUT2D eigenvalue weighted by Gasteiger charge is 2.33. The van der Waals surface area contributed by atoms with Gasteiger partial charge >= 0.3 is 12.1 Å². The van der Waals surface area contributed by atoms with Gasteiger partial charge in [0.25, 0.3) is 0 Å². The number of ketones is 1. The number of alkyl halides is 3. The lowest BCUT2D eigenvalue weighted by Crippen LogP contribution is -2.37. The molecule has 40 heavy (non-hydrogen) atoms. The maximum absolute atomic E-state index is 13.0. The largest absolute Gasteiger partial charge is 0.481 e. The van der Waals surface area contributed by atoms with E-state index in [9.17, 15) is 27.9 Å². The van der Waals surface area contributed by atoms with E-state index in [0.717, 1.165) is 29.2 Å². The first-order chi connectivity index (χ1) is 19.0. The molecule has 1 aliphatic rings. The Labute approximate surface area is 234 Å². The molecule has 2 unspecified atom stereocenters. The van der Waals surface area contributed by atoms with Gasteiger partial charge in [0.05, 0.1) is 5.56 Å². The Morgan fingerprint density at radius 1 is 0.925 bits per heavy atom. The molecule has 4 rings (SSSR count). The van der Waals surface area contributed by atoms with Crippen molar-refractivity contribution in [3.8, 4) is 0 Å². The fourth-order valence-electron chi connectivity index (χ4n) is 4.70. The van der Waals surface area contributed by atoms with Crippen LogP contribution in [0.1, 0.15) is 85.1 Å². The number of carboxylic acid groups (broad SMARTS) is 1. The standard InChI is InChI=1S/C28H26F3NO3.C5H12/c29-28(30,31)24-12-10-21(11-13-24)25-16-20(17-26(33)34)14-15-32(25)18-19-6-8-23(9-7-19)27(35)22-4-2-1-3-5-22;1-4-5(2)3/h1-13,20,25H,14-18H2,(H,33,34);5H,4H2,1-3H3. The van der Waals surface area contributed by atoms with Gasteiger partial charge in [-0.3, -0.25) is 14.5 Å². The zero-order valence-electron chi connectivity index (χ0n) is 23.3. The minimum absolute atomic E-state index is 0.0399. The summed E-state index contributed by atoms with van der Waals surface area (Å²) >= 11 is 0. The molecule has 0 amide bonds. The van der Waals surface area contributed by atoms with Gasteiger partial charge in [-0.05, 0) is 54.5 Å². The maximum atomic E-state index is 13.0. The van der Waals surface area contributed by atoms with Crippen LogP contribution in [0.3, 0.4) is 0 Å². The number of carboxylic acids is 1. The lowest BCUT2D eigenvalue weighted by atomic mass is 9.84. The van der Waals surface area contributed by atoms with Gasteiger partial charge in [0, 0.05) is 30.1 Å². The summed E-state index contributed by atoms with van der Waals surface area (Å²) in [5.41, 5.74) is 2.21. The van der Waals surface area contributed by atoms with Crippen molar-refractivity contribution in [2.75, 3.05) is 6.54 Å². The molecule has 0 saturated carbocycles. The van der Waals surface area contributed by atoms with Crippen molar-refractivity contribution >= 4 is 11.8 Å². The fourth-order valence-corrected chi connectivity index (χ4v) is 4.70. The van der Waals surface area contributed by atoms with E-state index in [2.05, 4.69) is 25.7 Å². The van der Waals surface area contributed by atoms with Crippen LogP contribution in [0.25, 0.3) is 0 Å². The normalized spacial score (nSPS) is 17.7. The molecule has 0 radical (unpaired) electrons. The van der Waals surface area contributed by atoms with Crippen LogP contribution in [0.15, 0.2) is 78.9 Å². The Morgan fingerprint density at radius 2 is 1.50 bits per heavy atom. The van der Waals surface area contributed by atoms with Crippen molar-refractivity contribution in [3.63, 3.8) is 0 Å². The number of hydrogen-bond acceptors (Lipinski definition) is 3. The number of carbonyl (C=O) groups excluding carboxylic acids is 1. The van der Waals surface area contributed by atoms with Crippen LogP contribution < -0.4 is 0 Å². The molecule has 3 aromatic rings. The molecular formula is C33H38F3NO3. The molecule has 3 aromatic carbocycles. The number of aliphatic carboxylic acids is 1. The number of likely N-dealkylation sites (tertiary alicyclic amines) is 1. The maximum Gasteiger partial charge on any atom is 0.416 e. The first kappa shape index (κ1) is 31.1. The summed E-state index contributed by atoms with van der Waals surface area (Å²) < 4.78 is 39.1. The van der Waals surface area contributed by atoms with Gasteiger partial charge in [0.15, 0.2) is 5.78 Å². The summed E-state index contributed by atoms with van der Waals surface area (Å²) in [6.45, 7) is 7.82. The number of benzene rings is 3. The van der Waals surface area contributed by atoms with Gasteiger partial charge < -0.3 is 5.11 Å². The SMILES string of the molecule is CCC(C)C.O=C(O)CC1CCN(Cc2ccc(C(=O)c3ccccc3)cc2)C(c2ccc(C(F)(F)F)cc2)C1. The second-order valence-electron chi connectivity index (χ2n) is 10.8. The lowest BCUT2D eigenvalue weighted by Gasteiger charge is -2.39. The van der Waals surface area contributed by atoms with Crippen molar-refractivity contribution in [1.29, 1.82) is 0 Å². The number of nitrogens with zero attached hydrogens (tertiary/aromatic N) is 1. The third kappa shape index (κ3) is 9.05. The van der Waals surface area contributed by atoms with Crippen LogP contribution in [-0.2, 0) is 17.5 Å². The number of rotatable bonds is 8. The highest BCUT2D eigenvalue weighted by atomic mass is 19.4. The molecular weight excluding hydrogens is 515 g/mol. The van der Waals surface area contributed by atoms with Crippen LogP contribution in [-0.4, -0.2) is 28.3 Å². The Balaban J connectivity index is 0.000000810. The van der Waals surface area contributed by atoms with Gasteiger partial charge in [-0.15, -0.1) is 0 Å². The molecule has 0 spiro atoms. The van der Waals surface area contributed by atoms with Crippen molar-refractivity contribution in [1.82, 2.24) is 4.90 Å². The summed E-state index contributed by atoms with van der Waals surface area (Å²) in [6, 6.07) is 21.3. The molecule has 1 N–H and O–H groups in total. The third-order valence-electron chi connectivity index (χ3n) is 7.36. The molecule has 0 bridgehead atoms. The van der Waals surface area contributed by atoms with Crippen LogP contribution in [0.4, 0.5) is 13.2 Å². The van der Waals surface area contributed by atoms with Crippen LogP contribution in [0.2, 0.25) is 0 Å². The smallest absolute Gasteiger partial charge is 0.416 e. The van der Waals surface area contributed by atoms with Gasteiger partial charge in [-0.1, -0.05) is 93.9 Å². The van der Waals surface area contributed by atoms with E-state index < -0.39 is 17.7 Å². The number of carbonyl (C=O) groups is 2. The zero-order chi connectivity index (χ0) is 29.3. The van der Waals surface area contributed by atoms with Crippen molar-refractivity contribution in [2.24, 2.45) is 11.8 Å². The highest BCUT2D eigenvalue weighted by molar-refractivity contribution is 6.08. The van der Waals surface area contributed by atoms with Crippen LogP contribution in [0.5, 0.6) is 0 Å².